The van der Waals surface area contributed by atoms with Gasteiger partial charge in [-0.25, -0.2) is 4.98 Å². The molecule has 0 unspecified atom stereocenters. The molecule has 4 aromatic rings. The predicted molar refractivity (Wildman–Crippen MR) is 87.6 cm³/mol. The molecule has 0 bridgehead atoms. The number of nitrogens with zero attached hydrogens (tertiary/aromatic N) is 2. The van der Waals surface area contributed by atoms with Crippen molar-refractivity contribution in [3.63, 3.8) is 0 Å². The molecule has 0 radical (unpaired) electrons. The topological polar surface area (TPSA) is 17.3 Å². The molecule has 0 aliphatic heterocycles. The molecular formula is C19H16N2. The molecule has 0 spiro atoms. The van der Waals surface area contributed by atoms with Gasteiger partial charge in [0.1, 0.15) is 5.65 Å². The van der Waals surface area contributed by atoms with Crippen molar-refractivity contribution in [1.29, 1.82) is 0 Å². The number of benzene rings is 2. The van der Waals surface area contributed by atoms with E-state index in [2.05, 4.69) is 73.0 Å². The minimum Gasteiger partial charge on any atom is -0.299 e. The van der Waals surface area contributed by atoms with Crippen molar-refractivity contribution in [1.82, 2.24) is 9.38 Å². The second-order valence-electron chi connectivity index (χ2n) is 5.51. The lowest BCUT2D eigenvalue weighted by Crippen LogP contribution is -1.92. The fourth-order valence-corrected chi connectivity index (χ4v) is 2.97. The standard InChI is InChI=1S/C19H16N2/c1-13-7-3-4-8-15(13)16-11-19-20-17-9-5-6-10-18(17)21(19)12-14(16)2/h3-12H,1-2H3. The zero-order valence-corrected chi connectivity index (χ0v) is 12.2. The van der Waals surface area contributed by atoms with Gasteiger partial charge in [-0.3, -0.25) is 4.40 Å². The lowest BCUT2D eigenvalue weighted by Gasteiger charge is -2.10. The van der Waals surface area contributed by atoms with Crippen LogP contribution in [0.1, 0.15) is 11.1 Å². The van der Waals surface area contributed by atoms with Crippen LogP contribution in [0.3, 0.4) is 0 Å². The first-order chi connectivity index (χ1) is 10.2. The normalized spacial score (nSPS) is 11.3. The van der Waals surface area contributed by atoms with Gasteiger partial charge in [0, 0.05) is 6.20 Å². The minimum absolute atomic E-state index is 1.00. The van der Waals surface area contributed by atoms with Gasteiger partial charge in [-0.2, -0.15) is 0 Å². The maximum absolute atomic E-state index is 4.74. The zero-order chi connectivity index (χ0) is 14.4. The van der Waals surface area contributed by atoms with Crippen molar-refractivity contribution in [3.8, 4) is 11.1 Å². The summed E-state index contributed by atoms with van der Waals surface area (Å²) in [6.07, 6.45) is 2.19. The number of hydrogen-bond donors (Lipinski definition) is 0. The summed E-state index contributed by atoms with van der Waals surface area (Å²) in [7, 11) is 0. The smallest absolute Gasteiger partial charge is 0.138 e. The number of hydrogen-bond acceptors (Lipinski definition) is 1. The summed E-state index contributed by atoms with van der Waals surface area (Å²) in [5.41, 5.74) is 8.30. The number of fused-ring (bicyclic) bond motifs is 3. The maximum atomic E-state index is 4.74. The van der Waals surface area contributed by atoms with Crippen LogP contribution in [0.25, 0.3) is 27.8 Å². The lowest BCUT2D eigenvalue weighted by atomic mass is 9.98. The Bertz CT molecular complexity index is 964. The first-order valence-electron chi connectivity index (χ1n) is 7.17. The van der Waals surface area contributed by atoms with Crippen LogP contribution >= 0.6 is 0 Å². The van der Waals surface area contributed by atoms with E-state index in [1.165, 1.54) is 22.3 Å². The molecule has 0 N–H and O–H groups in total. The summed E-state index contributed by atoms with van der Waals surface area (Å²) in [5.74, 6) is 0. The van der Waals surface area contributed by atoms with E-state index in [4.69, 9.17) is 4.98 Å². The SMILES string of the molecule is Cc1ccccc1-c1cc2nc3ccccc3n2cc1C. The van der Waals surface area contributed by atoms with E-state index in [1.807, 2.05) is 6.07 Å². The molecular weight excluding hydrogens is 256 g/mol. The molecule has 0 aliphatic rings. The van der Waals surface area contributed by atoms with Gasteiger partial charge >= 0.3 is 0 Å². The highest BCUT2D eigenvalue weighted by Crippen LogP contribution is 2.29. The Hall–Kier alpha value is -2.61. The number of aryl methyl sites for hydroxylation is 2. The van der Waals surface area contributed by atoms with Gasteiger partial charge in [-0.05, 0) is 54.3 Å². The average Bonchev–Trinajstić information content (AvgIpc) is 2.85. The number of imidazole rings is 1. The third-order valence-corrected chi connectivity index (χ3v) is 4.08. The van der Waals surface area contributed by atoms with Gasteiger partial charge in [0.25, 0.3) is 0 Å². The van der Waals surface area contributed by atoms with Crippen LogP contribution in [0, 0.1) is 13.8 Å². The molecule has 21 heavy (non-hydrogen) atoms. The van der Waals surface area contributed by atoms with E-state index < -0.39 is 0 Å². The molecule has 0 fully saturated rings. The Balaban J connectivity index is 2.06. The fraction of sp³-hybridized carbons (Fsp3) is 0.105. The van der Waals surface area contributed by atoms with E-state index in [-0.39, 0.29) is 0 Å². The molecule has 2 aromatic carbocycles. The molecule has 0 atom stereocenters. The molecule has 2 heteroatoms. The molecule has 4 rings (SSSR count). The van der Waals surface area contributed by atoms with Crippen LogP contribution in [-0.2, 0) is 0 Å². The molecule has 2 aromatic heterocycles. The highest BCUT2D eigenvalue weighted by molar-refractivity contribution is 5.83. The summed E-state index contributed by atoms with van der Waals surface area (Å²) in [5, 5.41) is 0. The van der Waals surface area contributed by atoms with E-state index in [9.17, 15) is 0 Å². The second kappa shape index (κ2) is 4.45. The van der Waals surface area contributed by atoms with Crippen LogP contribution in [0.15, 0.2) is 60.8 Å². The third kappa shape index (κ3) is 1.83. The van der Waals surface area contributed by atoms with Crippen LogP contribution in [0.4, 0.5) is 0 Å². The van der Waals surface area contributed by atoms with Gasteiger partial charge < -0.3 is 0 Å². The van der Waals surface area contributed by atoms with E-state index in [1.54, 1.807) is 0 Å². The van der Waals surface area contributed by atoms with E-state index in [0.717, 1.165) is 16.7 Å². The third-order valence-electron chi connectivity index (χ3n) is 4.08. The molecule has 0 amide bonds. The lowest BCUT2D eigenvalue weighted by molar-refractivity contribution is 1.19. The zero-order valence-electron chi connectivity index (χ0n) is 12.2. The Kier molecular flexibility index (Phi) is 2.58. The number of pyridine rings is 1. The quantitative estimate of drug-likeness (QED) is 0.488. The summed E-state index contributed by atoms with van der Waals surface area (Å²) < 4.78 is 2.17. The van der Waals surface area contributed by atoms with Crippen molar-refractivity contribution in [2.24, 2.45) is 0 Å². The predicted octanol–water partition coefficient (Wildman–Crippen LogP) is 4.77. The molecule has 0 saturated heterocycles. The molecule has 0 aliphatic carbocycles. The summed E-state index contributed by atoms with van der Waals surface area (Å²) >= 11 is 0. The summed E-state index contributed by atoms with van der Waals surface area (Å²) in [6.45, 7) is 4.32. The highest BCUT2D eigenvalue weighted by atomic mass is 15.0. The Labute approximate surface area is 123 Å². The first-order valence-corrected chi connectivity index (χ1v) is 7.17. The number of rotatable bonds is 1. The van der Waals surface area contributed by atoms with E-state index >= 15 is 0 Å². The van der Waals surface area contributed by atoms with Gasteiger partial charge in [0.2, 0.25) is 0 Å². The molecule has 2 heterocycles. The van der Waals surface area contributed by atoms with Gasteiger partial charge in [-0.1, -0.05) is 36.4 Å². The Morgan fingerprint density at radius 1 is 0.810 bits per heavy atom. The maximum Gasteiger partial charge on any atom is 0.138 e. The molecule has 0 saturated carbocycles. The number of aromatic nitrogens is 2. The fourth-order valence-electron chi connectivity index (χ4n) is 2.97. The van der Waals surface area contributed by atoms with Crippen molar-refractivity contribution < 1.29 is 0 Å². The van der Waals surface area contributed by atoms with E-state index in [0.29, 0.717) is 0 Å². The highest BCUT2D eigenvalue weighted by Gasteiger charge is 2.09. The van der Waals surface area contributed by atoms with Crippen LogP contribution in [0.2, 0.25) is 0 Å². The largest absolute Gasteiger partial charge is 0.299 e. The Morgan fingerprint density at radius 2 is 1.57 bits per heavy atom. The van der Waals surface area contributed by atoms with Gasteiger partial charge in [0.15, 0.2) is 0 Å². The molecule has 102 valence electrons. The van der Waals surface area contributed by atoms with Crippen molar-refractivity contribution in [2.45, 2.75) is 13.8 Å². The summed E-state index contributed by atoms with van der Waals surface area (Å²) in [4.78, 5) is 4.74. The van der Waals surface area contributed by atoms with Crippen molar-refractivity contribution in [3.05, 3.63) is 71.9 Å². The van der Waals surface area contributed by atoms with Crippen LogP contribution < -0.4 is 0 Å². The van der Waals surface area contributed by atoms with Crippen molar-refractivity contribution >= 4 is 16.7 Å². The monoisotopic (exact) mass is 272 g/mol. The van der Waals surface area contributed by atoms with Crippen LogP contribution in [-0.4, -0.2) is 9.38 Å². The Morgan fingerprint density at radius 3 is 2.43 bits per heavy atom. The van der Waals surface area contributed by atoms with Gasteiger partial charge in [0.05, 0.1) is 11.0 Å². The molecule has 2 nitrogen and oxygen atoms in total. The number of para-hydroxylation sites is 2. The minimum atomic E-state index is 1.00. The first kappa shape index (κ1) is 12.2. The van der Waals surface area contributed by atoms with Gasteiger partial charge in [-0.15, -0.1) is 0 Å². The van der Waals surface area contributed by atoms with Crippen LogP contribution in [0.5, 0.6) is 0 Å². The summed E-state index contributed by atoms with van der Waals surface area (Å²) in [6, 6.07) is 19.0. The second-order valence-corrected chi connectivity index (χ2v) is 5.51. The average molecular weight is 272 g/mol. The van der Waals surface area contributed by atoms with Crippen molar-refractivity contribution in [2.75, 3.05) is 0 Å².